The Balaban J connectivity index is 2.18. The van der Waals surface area contributed by atoms with E-state index in [-0.39, 0.29) is 0 Å². The van der Waals surface area contributed by atoms with E-state index in [0.717, 1.165) is 29.3 Å². The molecule has 0 radical (unpaired) electrons. The summed E-state index contributed by atoms with van der Waals surface area (Å²) in [5, 5.41) is 3.68. The third-order valence-electron chi connectivity index (χ3n) is 3.55. The number of ether oxygens (including phenoxy) is 1. The van der Waals surface area contributed by atoms with Crippen LogP contribution >= 0.6 is 15.9 Å². The molecule has 1 unspecified atom stereocenters. The number of nitrogens with one attached hydrogen (secondary N) is 1. The second-order valence-corrected chi connectivity index (χ2v) is 6.22. The van der Waals surface area contributed by atoms with E-state index in [4.69, 9.17) is 4.74 Å². The van der Waals surface area contributed by atoms with Gasteiger partial charge in [-0.1, -0.05) is 35.7 Å². The third-order valence-corrected chi connectivity index (χ3v) is 4.05. The molecule has 1 aromatic carbocycles. The second-order valence-electron chi connectivity index (χ2n) is 5.30. The Morgan fingerprint density at radius 3 is 2.79 bits per heavy atom. The Labute approximate surface area is 125 Å². The van der Waals surface area contributed by atoms with Gasteiger partial charge in [-0.05, 0) is 50.4 Å². The molecule has 2 nitrogen and oxygen atoms in total. The number of hydrogen-bond acceptors (Lipinski definition) is 2. The fraction of sp³-hybridized carbons (Fsp3) is 0.625. The van der Waals surface area contributed by atoms with Crippen molar-refractivity contribution in [3.05, 3.63) is 28.2 Å². The monoisotopic (exact) mass is 325 g/mol. The first kappa shape index (κ1) is 14.9. The van der Waals surface area contributed by atoms with Gasteiger partial charge in [0, 0.05) is 16.1 Å². The highest BCUT2D eigenvalue weighted by molar-refractivity contribution is 9.10. The van der Waals surface area contributed by atoms with Gasteiger partial charge in [0.05, 0.1) is 6.61 Å². The van der Waals surface area contributed by atoms with E-state index >= 15 is 0 Å². The smallest absolute Gasteiger partial charge is 0.124 e. The Hall–Kier alpha value is -0.540. The highest BCUT2D eigenvalue weighted by Crippen LogP contribution is 2.40. The molecule has 106 valence electrons. The summed E-state index contributed by atoms with van der Waals surface area (Å²) in [6.07, 6.45) is 5.18. The van der Waals surface area contributed by atoms with Crippen LogP contribution in [0.25, 0.3) is 0 Å². The van der Waals surface area contributed by atoms with Crippen molar-refractivity contribution in [2.45, 2.75) is 45.6 Å². The molecular formula is C16H24BrNO. The molecule has 1 saturated carbocycles. The minimum absolute atomic E-state index is 0.423. The SMILES string of the molecule is CCCNC(CC1CC1)c1cc(Br)ccc1OCC. The average Bonchev–Trinajstić information content (AvgIpc) is 3.21. The lowest BCUT2D eigenvalue weighted by molar-refractivity contribution is 0.328. The maximum Gasteiger partial charge on any atom is 0.124 e. The first-order valence-electron chi connectivity index (χ1n) is 7.40. The standard InChI is InChI=1S/C16H24BrNO/c1-3-9-18-15(10-12-5-6-12)14-11-13(17)7-8-16(14)19-4-2/h7-8,11-12,15,18H,3-6,9-10H2,1-2H3. The fourth-order valence-corrected chi connectivity index (χ4v) is 2.78. The molecule has 1 aliphatic rings. The first-order valence-corrected chi connectivity index (χ1v) is 8.19. The van der Waals surface area contributed by atoms with Gasteiger partial charge in [0.25, 0.3) is 0 Å². The lowest BCUT2D eigenvalue weighted by atomic mass is 10.00. The van der Waals surface area contributed by atoms with Crippen molar-refractivity contribution in [1.82, 2.24) is 5.32 Å². The van der Waals surface area contributed by atoms with Crippen LogP contribution in [0.3, 0.4) is 0 Å². The summed E-state index contributed by atoms with van der Waals surface area (Å²) in [5.74, 6) is 1.93. The summed E-state index contributed by atoms with van der Waals surface area (Å²) in [5.41, 5.74) is 1.30. The van der Waals surface area contributed by atoms with Crippen LogP contribution in [0.1, 0.15) is 51.1 Å². The van der Waals surface area contributed by atoms with Crippen LogP contribution in [0.4, 0.5) is 0 Å². The van der Waals surface area contributed by atoms with E-state index in [1.54, 1.807) is 0 Å². The van der Waals surface area contributed by atoms with Gasteiger partial charge in [0.2, 0.25) is 0 Å². The van der Waals surface area contributed by atoms with Gasteiger partial charge in [-0.2, -0.15) is 0 Å². The molecule has 2 rings (SSSR count). The van der Waals surface area contributed by atoms with Crippen molar-refractivity contribution in [2.75, 3.05) is 13.2 Å². The van der Waals surface area contributed by atoms with Crippen LogP contribution in [-0.4, -0.2) is 13.2 Å². The van der Waals surface area contributed by atoms with Gasteiger partial charge < -0.3 is 10.1 Å². The molecule has 0 heterocycles. The van der Waals surface area contributed by atoms with E-state index in [1.165, 1.54) is 31.2 Å². The lowest BCUT2D eigenvalue weighted by Crippen LogP contribution is -2.23. The maximum absolute atomic E-state index is 5.79. The van der Waals surface area contributed by atoms with Gasteiger partial charge in [-0.25, -0.2) is 0 Å². The molecule has 1 atom stereocenters. The van der Waals surface area contributed by atoms with Crippen molar-refractivity contribution >= 4 is 15.9 Å². The number of halogens is 1. The minimum Gasteiger partial charge on any atom is -0.494 e. The predicted molar refractivity (Wildman–Crippen MR) is 83.7 cm³/mol. The number of rotatable bonds is 8. The van der Waals surface area contributed by atoms with Crippen molar-refractivity contribution < 1.29 is 4.74 Å². The molecule has 0 aliphatic heterocycles. The average molecular weight is 326 g/mol. The molecule has 0 bridgehead atoms. The van der Waals surface area contributed by atoms with Crippen LogP contribution < -0.4 is 10.1 Å². The van der Waals surface area contributed by atoms with Gasteiger partial charge >= 0.3 is 0 Å². The molecule has 1 aliphatic carbocycles. The number of benzene rings is 1. The molecule has 0 spiro atoms. The van der Waals surface area contributed by atoms with E-state index in [9.17, 15) is 0 Å². The predicted octanol–water partition coefficient (Wildman–Crippen LogP) is 4.69. The van der Waals surface area contributed by atoms with Crippen molar-refractivity contribution in [2.24, 2.45) is 5.92 Å². The summed E-state index contributed by atoms with van der Waals surface area (Å²) < 4.78 is 6.92. The normalized spacial score (nSPS) is 16.4. The molecule has 1 aromatic rings. The van der Waals surface area contributed by atoms with Crippen LogP contribution in [0.5, 0.6) is 5.75 Å². The summed E-state index contributed by atoms with van der Waals surface area (Å²) in [7, 11) is 0. The zero-order valence-electron chi connectivity index (χ0n) is 11.9. The Bertz CT molecular complexity index is 404. The van der Waals surface area contributed by atoms with E-state index in [0.29, 0.717) is 6.04 Å². The topological polar surface area (TPSA) is 21.3 Å². The molecule has 3 heteroatoms. The largest absolute Gasteiger partial charge is 0.494 e. The number of hydrogen-bond donors (Lipinski definition) is 1. The molecule has 0 saturated heterocycles. The summed E-state index contributed by atoms with van der Waals surface area (Å²) in [4.78, 5) is 0. The van der Waals surface area contributed by atoms with Crippen molar-refractivity contribution in [1.29, 1.82) is 0 Å². The lowest BCUT2D eigenvalue weighted by Gasteiger charge is -2.22. The molecule has 1 N–H and O–H groups in total. The van der Waals surface area contributed by atoms with Crippen LogP contribution in [-0.2, 0) is 0 Å². The van der Waals surface area contributed by atoms with Gasteiger partial charge in [-0.3, -0.25) is 0 Å². The fourth-order valence-electron chi connectivity index (χ4n) is 2.40. The minimum atomic E-state index is 0.423. The van der Waals surface area contributed by atoms with Crippen LogP contribution in [0.15, 0.2) is 22.7 Å². The molecular weight excluding hydrogens is 302 g/mol. The van der Waals surface area contributed by atoms with Crippen LogP contribution in [0.2, 0.25) is 0 Å². The van der Waals surface area contributed by atoms with Gasteiger partial charge in [-0.15, -0.1) is 0 Å². The zero-order chi connectivity index (χ0) is 13.7. The van der Waals surface area contributed by atoms with Gasteiger partial charge in [0.15, 0.2) is 0 Å². The summed E-state index contributed by atoms with van der Waals surface area (Å²) in [6.45, 7) is 6.04. The van der Waals surface area contributed by atoms with E-state index in [1.807, 2.05) is 6.92 Å². The van der Waals surface area contributed by atoms with Gasteiger partial charge in [0.1, 0.15) is 5.75 Å². The molecule has 0 aromatic heterocycles. The Morgan fingerprint density at radius 1 is 1.37 bits per heavy atom. The Morgan fingerprint density at radius 2 is 2.16 bits per heavy atom. The molecule has 0 amide bonds. The summed E-state index contributed by atoms with van der Waals surface area (Å²) in [6, 6.07) is 6.77. The first-order chi connectivity index (χ1) is 9.24. The summed E-state index contributed by atoms with van der Waals surface area (Å²) >= 11 is 3.58. The Kier molecular flexibility index (Phi) is 5.71. The quantitative estimate of drug-likeness (QED) is 0.748. The van der Waals surface area contributed by atoms with Crippen molar-refractivity contribution in [3.63, 3.8) is 0 Å². The zero-order valence-corrected chi connectivity index (χ0v) is 13.5. The van der Waals surface area contributed by atoms with Crippen LogP contribution in [0, 0.1) is 5.92 Å². The third kappa shape index (κ3) is 4.50. The maximum atomic E-state index is 5.79. The highest BCUT2D eigenvalue weighted by Gasteiger charge is 2.27. The van der Waals surface area contributed by atoms with E-state index < -0.39 is 0 Å². The van der Waals surface area contributed by atoms with Crippen molar-refractivity contribution in [3.8, 4) is 5.75 Å². The van der Waals surface area contributed by atoms with E-state index in [2.05, 4.69) is 46.4 Å². The molecule has 19 heavy (non-hydrogen) atoms. The highest BCUT2D eigenvalue weighted by atomic mass is 79.9. The molecule has 1 fully saturated rings. The second kappa shape index (κ2) is 7.30.